The molecule has 0 aliphatic carbocycles. The summed E-state index contributed by atoms with van der Waals surface area (Å²) < 4.78 is 12.8. The van der Waals surface area contributed by atoms with E-state index in [2.05, 4.69) is 20.6 Å². The van der Waals surface area contributed by atoms with E-state index in [0.717, 1.165) is 0 Å². The minimum Gasteiger partial charge on any atom is -0.461 e. The Bertz CT molecular complexity index is 1220. The van der Waals surface area contributed by atoms with Crippen molar-refractivity contribution in [3.8, 4) is 0 Å². The number of rotatable bonds is 6. The van der Waals surface area contributed by atoms with Crippen molar-refractivity contribution < 1.29 is 34.1 Å². The monoisotopic (exact) mass is 488 g/mol. The van der Waals surface area contributed by atoms with E-state index in [1.54, 1.807) is 20.0 Å². The van der Waals surface area contributed by atoms with Gasteiger partial charge in [0.15, 0.2) is 6.23 Å². The van der Waals surface area contributed by atoms with Gasteiger partial charge in [-0.3, -0.25) is 9.59 Å². The highest BCUT2D eigenvalue weighted by atomic mass is 16.6. The lowest BCUT2D eigenvalue weighted by atomic mass is 9.96. The number of nitrogens with one attached hydrogen (secondary N) is 2. The Morgan fingerprint density at radius 2 is 2.11 bits per heavy atom. The van der Waals surface area contributed by atoms with Gasteiger partial charge in [0, 0.05) is 30.5 Å². The van der Waals surface area contributed by atoms with Crippen molar-refractivity contribution in [3.05, 3.63) is 24.2 Å². The molecule has 0 saturated carbocycles. The predicted molar refractivity (Wildman–Crippen MR) is 122 cm³/mol. The van der Waals surface area contributed by atoms with Crippen molar-refractivity contribution >= 4 is 40.3 Å². The number of aliphatic hydroxyl groups excluding tert-OH is 1. The third-order valence-electron chi connectivity index (χ3n) is 6.13. The number of aliphatic hydroxyl groups is 2. The van der Waals surface area contributed by atoms with Crippen molar-refractivity contribution in [2.45, 2.75) is 57.8 Å². The molecular weight excluding hydrogens is 460 g/mol. The van der Waals surface area contributed by atoms with Crippen molar-refractivity contribution in [2.75, 3.05) is 11.9 Å². The van der Waals surface area contributed by atoms with E-state index in [9.17, 15) is 24.6 Å². The number of ether oxygens (including phenoxy) is 2. The Morgan fingerprint density at radius 3 is 2.77 bits per heavy atom. The number of anilines is 1. The predicted octanol–water partition coefficient (Wildman–Crippen LogP) is -0.604. The molecule has 1 saturated heterocycles. The molecule has 188 valence electrons. The summed E-state index contributed by atoms with van der Waals surface area (Å²) in [4.78, 5) is 44.3. The molecule has 13 heteroatoms. The van der Waals surface area contributed by atoms with E-state index in [1.165, 1.54) is 30.8 Å². The van der Waals surface area contributed by atoms with E-state index in [-0.39, 0.29) is 29.9 Å². The summed E-state index contributed by atoms with van der Waals surface area (Å²) in [5.41, 5.74) is 5.20. The van der Waals surface area contributed by atoms with Gasteiger partial charge in [0.05, 0.1) is 5.39 Å². The van der Waals surface area contributed by atoms with Gasteiger partial charge in [-0.2, -0.15) is 0 Å². The van der Waals surface area contributed by atoms with Crippen LogP contribution in [0.3, 0.4) is 0 Å². The third-order valence-corrected chi connectivity index (χ3v) is 6.13. The number of carbonyl (C=O) groups excluding carboxylic acids is 3. The van der Waals surface area contributed by atoms with Crippen molar-refractivity contribution in [3.63, 3.8) is 0 Å². The molecule has 0 radical (unpaired) electrons. The molecule has 35 heavy (non-hydrogen) atoms. The zero-order valence-electron chi connectivity index (χ0n) is 19.7. The lowest BCUT2D eigenvalue weighted by molar-refractivity contribution is -0.155. The van der Waals surface area contributed by atoms with Crippen LogP contribution in [0.1, 0.15) is 39.5 Å². The molecule has 5 atom stereocenters. The zero-order valence-corrected chi connectivity index (χ0v) is 19.7. The molecule has 4 rings (SSSR count). The van der Waals surface area contributed by atoms with Crippen LogP contribution in [0.25, 0.3) is 16.7 Å². The first-order chi connectivity index (χ1) is 16.4. The van der Waals surface area contributed by atoms with Gasteiger partial charge in [-0.1, -0.05) is 13.8 Å². The first-order valence-corrected chi connectivity index (χ1v) is 11.1. The van der Waals surface area contributed by atoms with Crippen LogP contribution in [0, 0.1) is 5.92 Å². The van der Waals surface area contributed by atoms with Gasteiger partial charge in [0.2, 0.25) is 5.91 Å². The number of hydrogen-bond donors (Lipinski definition) is 5. The summed E-state index contributed by atoms with van der Waals surface area (Å²) in [6.07, 6.45) is 0.368. The first-order valence-electron chi connectivity index (χ1n) is 11.1. The van der Waals surface area contributed by atoms with Gasteiger partial charge < -0.3 is 40.6 Å². The highest BCUT2D eigenvalue weighted by molar-refractivity contribution is 6.13. The highest BCUT2D eigenvalue weighted by Gasteiger charge is 2.54. The second-order valence-electron chi connectivity index (χ2n) is 9.21. The maximum absolute atomic E-state index is 12.5. The fraction of sp³-hybridized carbons (Fsp3) is 0.500. The molecular formula is C22H28N6O7. The van der Waals surface area contributed by atoms with E-state index < -0.39 is 42.0 Å². The van der Waals surface area contributed by atoms with Crippen LogP contribution in [0.4, 0.5) is 5.82 Å². The van der Waals surface area contributed by atoms with Crippen LogP contribution < -0.4 is 16.4 Å². The summed E-state index contributed by atoms with van der Waals surface area (Å²) in [6, 6.07) is -0.871. The molecule has 0 aromatic carbocycles. The summed E-state index contributed by atoms with van der Waals surface area (Å²) in [6.45, 7) is 5.84. The fourth-order valence-corrected chi connectivity index (χ4v) is 4.30. The molecule has 6 N–H and O–H groups in total. The summed E-state index contributed by atoms with van der Waals surface area (Å²) in [7, 11) is 0. The number of carbonyl (C=O) groups is 3. The minimum absolute atomic E-state index is 0.168. The molecule has 2 aliphatic heterocycles. The van der Waals surface area contributed by atoms with Crippen LogP contribution in [0.5, 0.6) is 0 Å². The number of nitrogens with zero attached hydrogens (tertiary/aromatic N) is 3. The quantitative estimate of drug-likeness (QED) is 0.328. The average Bonchev–Trinajstić information content (AvgIpc) is 3.21. The summed E-state index contributed by atoms with van der Waals surface area (Å²) in [5.74, 6) is -1.49. The van der Waals surface area contributed by atoms with Gasteiger partial charge in [-0.25, -0.2) is 14.8 Å². The number of nitrogens with two attached hydrogens (primary N) is 1. The smallest absolute Gasteiger partial charge is 0.328 e. The molecule has 1 fully saturated rings. The summed E-state index contributed by atoms with van der Waals surface area (Å²) >= 11 is 0. The van der Waals surface area contributed by atoms with Crippen LogP contribution in [-0.2, 0) is 23.9 Å². The molecule has 2 aromatic rings. The number of hydrogen-bond acceptors (Lipinski definition) is 10. The van der Waals surface area contributed by atoms with E-state index in [0.29, 0.717) is 16.6 Å². The van der Waals surface area contributed by atoms with Gasteiger partial charge in [0.1, 0.15) is 48.3 Å². The third kappa shape index (κ3) is 4.33. The molecule has 5 unspecified atom stereocenters. The largest absolute Gasteiger partial charge is 0.461 e. The molecule has 13 nitrogen and oxygen atoms in total. The number of amides is 2. The van der Waals surface area contributed by atoms with Crippen LogP contribution in [0.15, 0.2) is 18.6 Å². The Balaban J connectivity index is 1.61. The molecule has 0 spiro atoms. The second kappa shape index (κ2) is 8.91. The van der Waals surface area contributed by atoms with Crippen molar-refractivity contribution in [2.24, 2.45) is 11.7 Å². The fourth-order valence-electron chi connectivity index (χ4n) is 4.30. The average molecular weight is 489 g/mol. The second-order valence-corrected chi connectivity index (χ2v) is 9.21. The first kappa shape index (κ1) is 24.6. The molecule has 0 bridgehead atoms. The van der Waals surface area contributed by atoms with Gasteiger partial charge in [-0.15, -0.1) is 0 Å². The standard InChI is InChI=1S/C22H28N6O7/c1-9(2)16(26-10(3)29)20(32)34-7-13-17(31)22(4,33)21(35-13)28-6-11-12(23)5-14(30)27-18-15(11)19(28)25-8-24-18/h5-6,8-9,13,16-17,21,31,33H,7,23H2,1-4H3,(H,26,29)(H,24,25,27,30). The Labute approximate surface area is 200 Å². The number of aromatic nitrogens is 3. The van der Waals surface area contributed by atoms with E-state index >= 15 is 0 Å². The van der Waals surface area contributed by atoms with Crippen LogP contribution in [0.2, 0.25) is 0 Å². The molecule has 2 aliphatic rings. The zero-order chi connectivity index (χ0) is 25.7. The molecule has 4 heterocycles. The number of esters is 1. The Morgan fingerprint density at radius 1 is 1.40 bits per heavy atom. The maximum atomic E-state index is 12.5. The molecule has 2 aromatic heterocycles. The Hall–Kier alpha value is -3.55. The highest BCUT2D eigenvalue weighted by Crippen LogP contribution is 2.42. The SMILES string of the molecule is CC(=O)NC(C(=O)OCC1OC(n2cc3c4c(ncnc42)NC(=O)C=C3N)C(C)(O)C1O)C(C)C. The lowest BCUT2D eigenvalue weighted by Crippen LogP contribution is -2.47. The van der Waals surface area contributed by atoms with Crippen LogP contribution in [-0.4, -0.2) is 73.0 Å². The molecule has 2 amide bonds. The normalized spacial score (nSPS) is 26.8. The van der Waals surface area contributed by atoms with Gasteiger partial charge in [-0.05, 0) is 12.8 Å². The maximum Gasteiger partial charge on any atom is 0.328 e. The van der Waals surface area contributed by atoms with Gasteiger partial charge >= 0.3 is 5.97 Å². The minimum atomic E-state index is -1.81. The van der Waals surface area contributed by atoms with Crippen LogP contribution >= 0.6 is 0 Å². The topological polar surface area (TPSA) is 191 Å². The Kier molecular flexibility index (Phi) is 6.25. The van der Waals surface area contributed by atoms with E-state index in [4.69, 9.17) is 15.2 Å². The van der Waals surface area contributed by atoms with E-state index in [1.807, 2.05) is 0 Å². The summed E-state index contributed by atoms with van der Waals surface area (Å²) in [5, 5.41) is 27.6. The van der Waals surface area contributed by atoms with Gasteiger partial charge in [0.25, 0.3) is 5.91 Å². The van der Waals surface area contributed by atoms with Crippen molar-refractivity contribution in [1.29, 1.82) is 0 Å². The van der Waals surface area contributed by atoms with Crippen molar-refractivity contribution in [1.82, 2.24) is 19.9 Å². The lowest BCUT2D eigenvalue weighted by Gasteiger charge is -2.27.